The summed E-state index contributed by atoms with van der Waals surface area (Å²) in [4.78, 5) is 11.3. The van der Waals surface area contributed by atoms with Crippen molar-refractivity contribution in [3.8, 4) is 0 Å². The lowest BCUT2D eigenvalue weighted by Gasteiger charge is -2.27. The highest BCUT2D eigenvalue weighted by Gasteiger charge is 2.33. The Morgan fingerprint density at radius 2 is 1.88 bits per heavy atom. The summed E-state index contributed by atoms with van der Waals surface area (Å²) in [5.41, 5.74) is 0. The first-order chi connectivity index (χ1) is 7.45. The molecule has 0 N–H and O–H groups in total. The first kappa shape index (κ1) is 12.7. The van der Waals surface area contributed by atoms with Crippen LogP contribution in [0.15, 0.2) is 43.0 Å². The fourth-order valence-electron chi connectivity index (χ4n) is 1.38. The Labute approximate surface area is 98.7 Å². The smallest absolute Gasteiger partial charge is 0.326 e. The number of hydrogen-bond acceptors (Lipinski definition) is 2. The third-order valence-corrected chi connectivity index (χ3v) is 4.71. The molecular weight excluding hydrogens is 216 g/mol. The lowest BCUT2D eigenvalue weighted by atomic mass is 10.2. The molecule has 1 aromatic rings. The van der Waals surface area contributed by atoms with Crippen LogP contribution in [0.25, 0.3) is 0 Å². The van der Waals surface area contributed by atoms with Crippen molar-refractivity contribution in [3.63, 3.8) is 0 Å². The summed E-state index contributed by atoms with van der Waals surface area (Å²) in [6.07, 6.45) is 1.22. The van der Waals surface area contributed by atoms with Crippen molar-refractivity contribution >= 4 is 20.2 Å². The molecule has 0 heterocycles. The summed E-state index contributed by atoms with van der Waals surface area (Å²) in [6.45, 7) is 9.70. The average molecular weight is 233 g/mol. The third-order valence-electron chi connectivity index (χ3n) is 2.09. The molecule has 16 heavy (non-hydrogen) atoms. The number of rotatable bonds is 3. The van der Waals surface area contributed by atoms with E-state index in [9.17, 15) is 4.79 Å². The van der Waals surface area contributed by atoms with Crippen LogP contribution in [0.4, 0.5) is 0 Å². The van der Waals surface area contributed by atoms with Gasteiger partial charge in [0.05, 0.1) is 0 Å². The van der Waals surface area contributed by atoms with Crippen LogP contribution in [0, 0.1) is 0 Å². The Balaban J connectivity index is 2.97. The highest BCUT2D eigenvalue weighted by atomic mass is 28.3. The van der Waals surface area contributed by atoms with Gasteiger partial charge in [0.2, 0.25) is 0 Å². The lowest BCUT2D eigenvalue weighted by Crippen LogP contribution is -2.42. The molecule has 0 saturated heterocycles. The standard InChI is InChI=1S/C13H17O2Si/c1-5-12(14)15-16(13(2,3)4)11-9-7-6-8-10-11/h5-10H,1H2,2-4H3. The van der Waals surface area contributed by atoms with Gasteiger partial charge in [-0.25, -0.2) is 4.79 Å². The van der Waals surface area contributed by atoms with Crippen LogP contribution < -0.4 is 5.19 Å². The van der Waals surface area contributed by atoms with E-state index in [-0.39, 0.29) is 11.0 Å². The molecule has 0 spiro atoms. The molecule has 0 unspecified atom stereocenters. The molecule has 0 atom stereocenters. The zero-order chi connectivity index (χ0) is 12.2. The second kappa shape index (κ2) is 5.12. The van der Waals surface area contributed by atoms with Gasteiger partial charge < -0.3 is 4.43 Å². The van der Waals surface area contributed by atoms with Gasteiger partial charge in [-0.15, -0.1) is 0 Å². The molecule has 0 aliphatic rings. The van der Waals surface area contributed by atoms with Crippen molar-refractivity contribution in [1.29, 1.82) is 0 Å². The molecule has 0 amide bonds. The van der Waals surface area contributed by atoms with Gasteiger partial charge in [0.15, 0.2) is 0 Å². The van der Waals surface area contributed by atoms with Gasteiger partial charge in [-0.1, -0.05) is 57.7 Å². The summed E-state index contributed by atoms with van der Waals surface area (Å²) < 4.78 is 5.50. The van der Waals surface area contributed by atoms with E-state index in [1.54, 1.807) is 0 Å². The minimum absolute atomic E-state index is 0.0370. The van der Waals surface area contributed by atoms with Crippen molar-refractivity contribution in [1.82, 2.24) is 0 Å². The third kappa shape index (κ3) is 3.34. The predicted molar refractivity (Wildman–Crippen MR) is 67.8 cm³/mol. The molecular formula is C13H17O2Si. The van der Waals surface area contributed by atoms with E-state index in [1.807, 2.05) is 30.3 Å². The summed E-state index contributed by atoms with van der Waals surface area (Å²) in [7, 11) is -1.37. The molecule has 2 nitrogen and oxygen atoms in total. The van der Waals surface area contributed by atoms with Crippen molar-refractivity contribution in [2.24, 2.45) is 0 Å². The maximum atomic E-state index is 11.3. The van der Waals surface area contributed by atoms with Crippen LogP contribution in [-0.4, -0.2) is 15.0 Å². The fourth-order valence-corrected chi connectivity index (χ4v) is 3.45. The Morgan fingerprint density at radius 3 is 2.31 bits per heavy atom. The predicted octanol–water partition coefficient (Wildman–Crippen LogP) is 2.41. The van der Waals surface area contributed by atoms with Crippen LogP contribution in [0.2, 0.25) is 5.04 Å². The lowest BCUT2D eigenvalue weighted by molar-refractivity contribution is -0.129. The van der Waals surface area contributed by atoms with Crippen LogP contribution in [0.1, 0.15) is 20.8 Å². The molecule has 0 aromatic heterocycles. The van der Waals surface area contributed by atoms with Gasteiger partial charge >= 0.3 is 15.0 Å². The van der Waals surface area contributed by atoms with Crippen molar-refractivity contribution < 1.29 is 9.22 Å². The number of hydrogen-bond donors (Lipinski definition) is 0. The maximum absolute atomic E-state index is 11.3. The quantitative estimate of drug-likeness (QED) is 0.592. The van der Waals surface area contributed by atoms with E-state index >= 15 is 0 Å². The van der Waals surface area contributed by atoms with Gasteiger partial charge in [0.1, 0.15) is 0 Å². The zero-order valence-corrected chi connectivity index (χ0v) is 11.0. The first-order valence-corrected chi connectivity index (χ1v) is 6.63. The fraction of sp³-hybridized carbons (Fsp3) is 0.308. The second-order valence-corrected chi connectivity index (χ2v) is 7.51. The van der Waals surface area contributed by atoms with E-state index in [1.165, 1.54) is 6.08 Å². The van der Waals surface area contributed by atoms with E-state index in [2.05, 4.69) is 27.4 Å². The minimum Gasteiger partial charge on any atom is -0.509 e. The highest BCUT2D eigenvalue weighted by molar-refractivity contribution is 6.71. The molecule has 0 aliphatic heterocycles. The maximum Gasteiger partial charge on any atom is 0.326 e. The van der Waals surface area contributed by atoms with Crippen molar-refractivity contribution in [2.45, 2.75) is 25.8 Å². The SMILES string of the molecule is C=CC(=O)O[Si](c1ccccc1)C(C)(C)C. The topological polar surface area (TPSA) is 26.3 Å². The van der Waals surface area contributed by atoms with Gasteiger partial charge in [0.25, 0.3) is 0 Å². The van der Waals surface area contributed by atoms with Crippen LogP contribution in [0.3, 0.4) is 0 Å². The van der Waals surface area contributed by atoms with Gasteiger partial charge in [-0.3, -0.25) is 0 Å². The molecule has 1 aromatic carbocycles. The molecule has 0 aliphatic carbocycles. The normalized spacial score (nSPS) is 11.2. The summed E-state index contributed by atoms with van der Waals surface area (Å²) in [6, 6.07) is 9.91. The van der Waals surface area contributed by atoms with Gasteiger partial charge in [0, 0.05) is 6.08 Å². The molecule has 0 saturated carbocycles. The minimum atomic E-state index is -1.37. The number of carbonyl (C=O) groups excluding carboxylic acids is 1. The Hall–Kier alpha value is -1.35. The Bertz CT molecular complexity index is 365. The van der Waals surface area contributed by atoms with E-state index in [0.29, 0.717) is 0 Å². The van der Waals surface area contributed by atoms with Crippen molar-refractivity contribution in [3.05, 3.63) is 43.0 Å². The molecule has 0 fully saturated rings. The molecule has 1 rings (SSSR count). The molecule has 85 valence electrons. The largest absolute Gasteiger partial charge is 0.509 e. The zero-order valence-electron chi connectivity index (χ0n) is 9.99. The Kier molecular flexibility index (Phi) is 4.07. The summed E-state index contributed by atoms with van der Waals surface area (Å²) >= 11 is 0. The van der Waals surface area contributed by atoms with Crippen molar-refractivity contribution in [2.75, 3.05) is 0 Å². The number of benzene rings is 1. The van der Waals surface area contributed by atoms with Crippen LogP contribution >= 0.6 is 0 Å². The van der Waals surface area contributed by atoms with E-state index in [0.717, 1.165) is 5.19 Å². The average Bonchev–Trinajstić information content (AvgIpc) is 2.25. The van der Waals surface area contributed by atoms with Gasteiger partial charge in [-0.05, 0) is 10.2 Å². The van der Waals surface area contributed by atoms with E-state index in [4.69, 9.17) is 4.43 Å². The molecule has 1 radical (unpaired) electrons. The van der Waals surface area contributed by atoms with E-state index < -0.39 is 9.04 Å². The molecule has 0 bridgehead atoms. The first-order valence-electron chi connectivity index (χ1n) is 5.22. The second-order valence-electron chi connectivity index (χ2n) is 4.57. The summed E-state index contributed by atoms with van der Waals surface area (Å²) in [5.74, 6) is -0.340. The monoisotopic (exact) mass is 233 g/mol. The highest BCUT2D eigenvalue weighted by Crippen LogP contribution is 2.27. The summed E-state index contributed by atoms with van der Waals surface area (Å²) in [5, 5.41) is 1.07. The van der Waals surface area contributed by atoms with Crippen LogP contribution in [-0.2, 0) is 9.22 Å². The van der Waals surface area contributed by atoms with Gasteiger partial charge in [-0.2, -0.15) is 0 Å². The Morgan fingerprint density at radius 1 is 1.31 bits per heavy atom. The number of carbonyl (C=O) groups is 1. The van der Waals surface area contributed by atoms with Crippen LogP contribution in [0.5, 0.6) is 0 Å². The molecule has 3 heteroatoms.